The largest absolute Gasteiger partial charge is 0.380 e. The Morgan fingerprint density at radius 3 is 2.46 bits per heavy atom. The predicted octanol–water partition coefficient (Wildman–Crippen LogP) is 0.816. The Morgan fingerprint density at radius 1 is 1.46 bits per heavy atom. The van der Waals surface area contributed by atoms with E-state index in [1.807, 2.05) is 0 Å². The molecule has 2 saturated carbocycles. The van der Waals surface area contributed by atoms with Crippen molar-refractivity contribution in [3.8, 4) is 0 Å². The van der Waals surface area contributed by atoms with Gasteiger partial charge >= 0.3 is 0 Å². The standard InChI is InChI=1S/C10H17NO2/c1-7-6-8(7)11-9(12)10(13)4-2-3-5-10/h7-8,13H,2-6H2,1H3,(H,11,12)/t7-,8-/m1/s1. The Balaban J connectivity index is 1.88. The summed E-state index contributed by atoms with van der Waals surface area (Å²) in [6, 6.07) is 0.331. The van der Waals surface area contributed by atoms with Crippen LogP contribution in [0.4, 0.5) is 0 Å². The molecule has 2 atom stereocenters. The van der Waals surface area contributed by atoms with Crippen molar-refractivity contribution < 1.29 is 9.90 Å². The summed E-state index contributed by atoms with van der Waals surface area (Å²) < 4.78 is 0. The van der Waals surface area contributed by atoms with Gasteiger partial charge in [-0.1, -0.05) is 6.92 Å². The molecule has 0 bridgehead atoms. The highest BCUT2D eigenvalue weighted by molar-refractivity contribution is 5.85. The molecule has 3 heteroatoms. The van der Waals surface area contributed by atoms with Gasteiger partial charge in [0.05, 0.1) is 0 Å². The zero-order valence-electron chi connectivity index (χ0n) is 8.05. The van der Waals surface area contributed by atoms with Gasteiger partial charge in [-0.3, -0.25) is 4.79 Å². The minimum Gasteiger partial charge on any atom is -0.380 e. The molecule has 0 unspecified atom stereocenters. The normalized spacial score (nSPS) is 35.8. The van der Waals surface area contributed by atoms with Crippen molar-refractivity contribution in [2.45, 2.75) is 50.7 Å². The number of nitrogens with one attached hydrogen (secondary N) is 1. The van der Waals surface area contributed by atoms with Crippen LogP contribution in [0.3, 0.4) is 0 Å². The lowest BCUT2D eigenvalue weighted by molar-refractivity contribution is -0.139. The van der Waals surface area contributed by atoms with Crippen LogP contribution in [-0.2, 0) is 4.79 Å². The zero-order chi connectivity index (χ0) is 9.47. The third-order valence-electron chi connectivity index (χ3n) is 3.28. The third-order valence-corrected chi connectivity index (χ3v) is 3.28. The number of hydrogen-bond acceptors (Lipinski definition) is 2. The van der Waals surface area contributed by atoms with Crippen LogP contribution in [0.15, 0.2) is 0 Å². The van der Waals surface area contributed by atoms with Gasteiger partial charge in [-0.2, -0.15) is 0 Å². The molecule has 0 aromatic heterocycles. The minimum atomic E-state index is -1.04. The topological polar surface area (TPSA) is 49.3 Å². The van der Waals surface area contributed by atoms with Crippen LogP contribution in [0, 0.1) is 5.92 Å². The van der Waals surface area contributed by atoms with Crippen molar-refractivity contribution in [1.29, 1.82) is 0 Å². The maximum Gasteiger partial charge on any atom is 0.252 e. The Bertz CT molecular complexity index is 221. The summed E-state index contributed by atoms with van der Waals surface area (Å²) in [5, 5.41) is 12.8. The van der Waals surface area contributed by atoms with Crippen LogP contribution in [0.2, 0.25) is 0 Å². The number of carbonyl (C=O) groups is 1. The lowest BCUT2D eigenvalue weighted by Crippen LogP contribution is -2.45. The molecule has 2 aliphatic carbocycles. The summed E-state index contributed by atoms with van der Waals surface area (Å²) in [6.45, 7) is 2.11. The molecule has 74 valence electrons. The molecule has 0 aromatic rings. The van der Waals surface area contributed by atoms with Gasteiger partial charge in [0.15, 0.2) is 0 Å². The van der Waals surface area contributed by atoms with E-state index in [1.165, 1.54) is 0 Å². The van der Waals surface area contributed by atoms with Crippen molar-refractivity contribution in [2.24, 2.45) is 5.92 Å². The molecule has 2 aliphatic rings. The monoisotopic (exact) mass is 183 g/mol. The Morgan fingerprint density at radius 2 is 2.00 bits per heavy atom. The number of aliphatic hydroxyl groups is 1. The fraction of sp³-hybridized carbons (Fsp3) is 0.900. The highest BCUT2D eigenvalue weighted by atomic mass is 16.3. The van der Waals surface area contributed by atoms with Gasteiger partial charge in [0.2, 0.25) is 0 Å². The maximum absolute atomic E-state index is 11.6. The average Bonchev–Trinajstić information content (AvgIpc) is 2.62. The first-order valence-electron chi connectivity index (χ1n) is 5.15. The van der Waals surface area contributed by atoms with Crippen LogP contribution in [0.25, 0.3) is 0 Å². The summed E-state index contributed by atoms with van der Waals surface area (Å²) in [4.78, 5) is 11.6. The molecular formula is C10H17NO2. The van der Waals surface area contributed by atoms with Crippen LogP contribution >= 0.6 is 0 Å². The zero-order valence-corrected chi connectivity index (χ0v) is 8.05. The number of rotatable bonds is 2. The molecule has 0 spiro atoms. The summed E-state index contributed by atoms with van der Waals surface area (Å²) in [5.41, 5.74) is -1.04. The molecular weight excluding hydrogens is 166 g/mol. The molecule has 0 radical (unpaired) electrons. The van der Waals surface area contributed by atoms with Crippen molar-refractivity contribution in [2.75, 3.05) is 0 Å². The van der Waals surface area contributed by atoms with E-state index in [0.717, 1.165) is 19.3 Å². The summed E-state index contributed by atoms with van der Waals surface area (Å²) >= 11 is 0. The van der Waals surface area contributed by atoms with E-state index in [2.05, 4.69) is 12.2 Å². The van der Waals surface area contributed by atoms with Crippen LogP contribution in [0.5, 0.6) is 0 Å². The van der Waals surface area contributed by atoms with Gasteiger partial charge in [-0.05, 0) is 38.0 Å². The molecule has 2 fully saturated rings. The molecule has 2 N–H and O–H groups in total. The van der Waals surface area contributed by atoms with Gasteiger partial charge in [0.1, 0.15) is 5.60 Å². The van der Waals surface area contributed by atoms with Gasteiger partial charge in [0.25, 0.3) is 5.91 Å². The molecule has 13 heavy (non-hydrogen) atoms. The van der Waals surface area contributed by atoms with Crippen LogP contribution in [-0.4, -0.2) is 22.7 Å². The third kappa shape index (κ3) is 1.70. The molecule has 0 aromatic carbocycles. The molecule has 0 saturated heterocycles. The molecule has 0 aliphatic heterocycles. The molecule has 1 amide bonds. The fourth-order valence-electron chi connectivity index (χ4n) is 2.01. The smallest absolute Gasteiger partial charge is 0.252 e. The van der Waals surface area contributed by atoms with Gasteiger partial charge in [-0.25, -0.2) is 0 Å². The quantitative estimate of drug-likeness (QED) is 0.665. The van der Waals surface area contributed by atoms with Crippen molar-refractivity contribution >= 4 is 5.91 Å². The minimum absolute atomic E-state index is 0.139. The Kier molecular flexibility index (Phi) is 2.06. The maximum atomic E-state index is 11.6. The van der Waals surface area contributed by atoms with E-state index in [1.54, 1.807) is 0 Å². The Labute approximate surface area is 78.5 Å². The second-order valence-corrected chi connectivity index (χ2v) is 4.53. The predicted molar refractivity (Wildman–Crippen MR) is 49.1 cm³/mol. The highest BCUT2D eigenvalue weighted by Crippen LogP contribution is 2.33. The van der Waals surface area contributed by atoms with E-state index in [4.69, 9.17) is 0 Å². The molecule has 3 nitrogen and oxygen atoms in total. The first kappa shape index (κ1) is 9.00. The molecule has 0 heterocycles. The van der Waals surface area contributed by atoms with Gasteiger partial charge in [-0.15, -0.1) is 0 Å². The van der Waals surface area contributed by atoms with E-state index in [0.29, 0.717) is 24.8 Å². The van der Waals surface area contributed by atoms with Gasteiger partial charge in [0, 0.05) is 6.04 Å². The second kappa shape index (κ2) is 2.98. The number of carbonyl (C=O) groups excluding carboxylic acids is 1. The van der Waals surface area contributed by atoms with Crippen molar-refractivity contribution in [3.63, 3.8) is 0 Å². The summed E-state index contributed by atoms with van der Waals surface area (Å²) in [5.74, 6) is 0.466. The van der Waals surface area contributed by atoms with Crippen LogP contribution < -0.4 is 5.32 Å². The van der Waals surface area contributed by atoms with Gasteiger partial charge < -0.3 is 10.4 Å². The summed E-state index contributed by atoms with van der Waals surface area (Å²) in [6.07, 6.45) is 4.30. The van der Waals surface area contributed by atoms with E-state index >= 15 is 0 Å². The summed E-state index contributed by atoms with van der Waals surface area (Å²) in [7, 11) is 0. The number of hydrogen-bond donors (Lipinski definition) is 2. The number of amides is 1. The van der Waals surface area contributed by atoms with Crippen molar-refractivity contribution in [3.05, 3.63) is 0 Å². The highest BCUT2D eigenvalue weighted by Gasteiger charge is 2.43. The Hall–Kier alpha value is -0.570. The van der Waals surface area contributed by atoms with E-state index in [9.17, 15) is 9.90 Å². The lowest BCUT2D eigenvalue weighted by atomic mass is 10.0. The fourth-order valence-corrected chi connectivity index (χ4v) is 2.01. The SMILES string of the molecule is C[C@@H]1C[C@H]1NC(=O)C1(O)CCCC1. The van der Waals surface area contributed by atoms with E-state index in [-0.39, 0.29) is 5.91 Å². The molecule has 2 rings (SSSR count). The van der Waals surface area contributed by atoms with Crippen molar-refractivity contribution in [1.82, 2.24) is 5.32 Å². The lowest BCUT2D eigenvalue weighted by Gasteiger charge is -2.20. The first-order valence-corrected chi connectivity index (χ1v) is 5.15. The average molecular weight is 183 g/mol. The van der Waals surface area contributed by atoms with E-state index < -0.39 is 5.60 Å². The second-order valence-electron chi connectivity index (χ2n) is 4.53. The first-order chi connectivity index (χ1) is 6.12. The van der Waals surface area contributed by atoms with Crippen LogP contribution in [0.1, 0.15) is 39.0 Å².